The number of benzene rings is 1. The molecule has 0 bridgehead atoms. The molecule has 0 atom stereocenters. The SMILES string of the molecule is NC(=O)CS(=O)(=O)c1cc(C(=O)O)c(Cl)cc1Cl. The second-order valence-electron chi connectivity index (χ2n) is 3.29. The van der Waals surface area contributed by atoms with E-state index < -0.39 is 37.9 Å². The smallest absolute Gasteiger partial charge is 0.337 e. The lowest BCUT2D eigenvalue weighted by atomic mass is 10.2. The lowest BCUT2D eigenvalue weighted by Gasteiger charge is -2.07. The minimum atomic E-state index is -4.09. The zero-order valence-electron chi connectivity index (χ0n) is 8.68. The van der Waals surface area contributed by atoms with E-state index in [0.717, 1.165) is 12.1 Å². The Labute approximate surface area is 112 Å². The van der Waals surface area contributed by atoms with Crippen LogP contribution >= 0.6 is 23.2 Å². The summed E-state index contributed by atoms with van der Waals surface area (Å²) < 4.78 is 23.5. The Bertz CT molecular complexity index is 626. The first-order valence-corrected chi connectivity index (χ1v) is 6.79. The Balaban J connectivity index is 3.46. The zero-order valence-corrected chi connectivity index (χ0v) is 11.0. The van der Waals surface area contributed by atoms with Crippen molar-refractivity contribution < 1.29 is 23.1 Å². The highest BCUT2D eigenvalue weighted by Gasteiger charge is 2.24. The van der Waals surface area contributed by atoms with Crippen molar-refractivity contribution in [3.05, 3.63) is 27.7 Å². The van der Waals surface area contributed by atoms with Crippen molar-refractivity contribution in [1.29, 1.82) is 0 Å². The molecular weight excluding hydrogens is 305 g/mol. The highest BCUT2D eigenvalue weighted by atomic mass is 35.5. The molecule has 1 aromatic carbocycles. The lowest BCUT2D eigenvalue weighted by Crippen LogP contribution is -2.23. The fourth-order valence-electron chi connectivity index (χ4n) is 1.20. The molecule has 98 valence electrons. The van der Waals surface area contributed by atoms with Crippen molar-refractivity contribution in [2.45, 2.75) is 4.90 Å². The molecule has 9 heteroatoms. The summed E-state index contributed by atoms with van der Waals surface area (Å²) in [5, 5.41) is 8.34. The van der Waals surface area contributed by atoms with Crippen LogP contribution in [0.2, 0.25) is 10.0 Å². The number of hydrogen-bond acceptors (Lipinski definition) is 4. The van der Waals surface area contributed by atoms with E-state index in [0.29, 0.717) is 0 Å². The number of hydrogen-bond donors (Lipinski definition) is 2. The summed E-state index contributed by atoms with van der Waals surface area (Å²) in [4.78, 5) is 21.0. The second-order valence-corrected chi connectivity index (χ2v) is 6.07. The molecule has 0 unspecified atom stereocenters. The number of sulfone groups is 1. The molecule has 3 N–H and O–H groups in total. The number of carboxylic acid groups (broad SMARTS) is 1. The Kier molecular flexibility index (Phi) is 4.20. The van der Waals surface area contributed by atoms with Crippen molar-refractivity contribution in [3.63, 3.8) is 0 Å². The minimum Gasteiger partial charge on any atom is -0.478 e. The highest BCUT2D eigenvalue weighted by molar-refractivity contribution is 7.92. The zero-order chi connectivity index (χ0) is 14.1. The number of carbonyl (C=O) groups is 2. The number of amides is 1. The van der Waals surface area contributed by atoms with Crippen LogP contribution < -0.4 is 5.73 Å². The summed E-state index contributed by atoms with van der Waals surface area (Å²) in [6.07, 6.45) is 0. The fourth-order valence-corrected chi connectivity index (χ4v) is 3.20. The van der Waals surface area contributed by atoms with E-state index in [1.165, 1.54) is 0 Å². The third-order valence-electron chi connectivity index (χ3n) is 1.92. The van der Waals surface area contributed by atoms with Gasteiger partial charge in [0.05, 0.1) is 20.5 Å². The van der Waals surface area contributed by atoms with Gasteiger partial charge in [-0.05, 0) is 12.1 Å². The van der Waals surface area contributed by atoms with Gasteiger partial charge in [0, 0.05) is 0 Å². The van der Waals surface area contributed by atoms with Gasteiger partial charge in [-0.25, -0.2) is 13.2 Å². The third kappa shape index (κ3) is 3.12. The predicted molar refractivity (Wildman–Crippen MR) is 64.7 cm³/mol. The molecule has 1 amide bonds. The largest absolute Gasteiger partial charge is 0.478 e. The van der Waals surface area contributed by atoms with E-state index in [4.69, 9.17) is 34.0 Å². The molecule has 0 aromatic heterocycles. The summed E-state index contributed by atoms with van der Waals surface area (Å²) in [6, 6.07) is 1.78. The Morgan fingerprint density at radius 2 is 1.78 bits per heavy atom. The average molecular weight is 312 g/mol. The van der Waals surface area contributed by atoms with Crippen molar-refractivity contribution >= 4 is 44.9 Å². The van der Waals surface area contributed by atoms with Crippen LogP contribution in [0.15, 0.2) is 17.0 Å². The highest BCUT2D eigenvalue weighted by Crippen LogP contribution is 2.29. The molecule has 0 spiro atoms. The van der Waals surface area contributed by atoms with Crippen molar-refractivity contribution in [3.8, 4) is 0 Å². The Morgan fingerprint density at radius 1 is 1.22 bits per heavy atom. The molecule has 18 heavy (non-hydrogen) atoms. The summed E-state index contributed by atoms with van der Waals surface area (Å²) in [5.41, 5.74) is 4.36. The van der Waals surface area contributed by atoms with Gasteiger partial charge < -0.3 is 10.8 Å². The molecule has 0 aliphatic carbocycles. The van der Waals surface area contributed by atoms with E-state index in [1.807, 2.05) is 0 Å². The van der Waals surface area contributed by atoms with Gasteiger partial charge in [-0.15, -0.1) is 0 Å². The maximum Gasteiger partial charge on any atom is 0.337 e. The summed E-state index contributed by atoms with van der Waals surface area (Å²) in [5.74, 6) is -3.45. The number of halogens is 2. The molecule has 1 rings (SSSR count). The van der Waals surface area contributed by atoms with Crippen LogP contribution in [0.25, 0.3) is 0 Å². The summed E-state index contributed by atoms with van der Waals surface area (Å²) >= 11 is 11.3. The first kappa shape index (κ1) is 14.7. The molecule has 0 aliphatic heterocycles. The van der Waals surface area contributed by atoms with Crippen molar-refractivity contribution in [2.24, 2.45) is 5.73 Å². The van der Waals surface area contributed by atoms with E-state index in [9.17, 15) is 18.0 Å². The van der Waals surface area contributed by atoms with Crippen LogP contribution in [0.3, 0.4) is 0 Å². The molecule has 0 heterocycles. The average Bonchev–Trinajstić information content (AvgIpc) is 2.13. The summed E-state index contributed by atoms with van der Waals surface area (Å²) in [6.45, 7) is 0. The normalized spacial score (nSPS) is 11.2. The van der Waals surface area contributed by atoms with Crippen LogP contribution in [0.1, 0.15) is 10.4 Å². The lowest BCUT2D eigenvalue weighted by molar-refractivity contribution is -0.115. The van der Waals surface area contributed by atoms with Crippen molar-refractivity contribution in [1.82, 2.24) is 0 Å². The maximum atomic E-state index is 11.7. The number of carbonyl (C=O) groups excluding carboxylic acids is 1. The van der Waals surface area contributed by atoms with Crippen LogP contribution in [0, 0.1) is 0 Å². The molecule has 0 fully saturated rings. The number of primary amides is 1. The number of carboxylic acids is 1. The number of rotatable bonds is 4. The van der Waals surface area contributed by atoms with Gasteiger partial charge in [-0.3, -0.25) is 4.79 Å². The topological polar surface area (TPSA) is 115 Å². The van der Waals surface area contributed by atoms with E-state index in [2.05, 4.69) is 0 Å². The summed E-state index contributed by atoms with van der Waals surface area (Å²) in [7, 11) is -4.09. The number of aromatic carboxylic acids is 1. The molecule has 0 radical (unpaired) electrons. The van der Waals surface area contributed by atoms with Gasteiger partial charge in [0.25, 0.3) is 0 Å². The molecular formula is C9H7Cl2NO5S. The molecule has 0 aliphatic rings. The van der Waals surface area contributed by atoms with Crippen molar-refractivity contribution in [2.75, 3.05) is 5.75 Å². The predicted octanol–water partition coefficient (Wildman–Crippen LogP) is 0.951. The quantitative estimate of drug-likeness (QED) is 0.859. The maximum absolute atomic E-state index is 11.7. The van der Waals surface area contributed by atoms with E-state index >= 15 is 0 Å². The van der Waals surface area contributed by atoms with Crippen LogP contribution in [0.4, 0.5) is 0 Å². The van der Waals surface area contributed by atoms with Gasteiger partial charge in [-0.1, -0.05) is 23.2 Å². The monoisotopic (exact) mass is 311 g/mol. The van der Waals surface area contributed by atoms with Crippen LogP contribution in [-0.4, -0.2) is 31.2 Å². The molecule has 1 aromatic rings. The number of nitrogens with two attached hydrogens (primary N) is 1. The van der Waals surface area contributed by atoms with E-state index in [1.54, 1.807) is 0 Å². The standard InChI is InChI=1S/C9H7Cl2NO5S/c10-5-2-6(11)7(1-4(5)9(14)15)18(16,17)3-8(12)13/h1-2H,3H2,(H2,12,13)(H,14,15). The minimum absolute atomic E-state index is 0.203. The first-order valence-electron chi connectivity index (χ1n) is 4.38. The molecule has 0 saturated carbocycles. The second kappa shape index (κ2) is 5.13. The third-order valence-corrected chi connectivity index (χ3v) is 4.33. The van der Waals surface area contributed by atoms with E-state index in [-0.39, 0.29) is 10.0 Å². The molecule has 6 nitrogen and oxygen atoms in total. The fraction of sp³-hybridized carbons (Fsp3) is 0.111. The van der Waals surface area contributed by atoms with Gasteiger partial charge in [-0.2, -0.15) is 0 Å². The first-order chi connectivity index (χ1) is 8.15. The van der Waals surface area contributed by atoms with Crippen LogP contribution in [-0.2, 0) is 14.6 Å². The van der Waals surface area contributed by atoms with Gasteiger partial charge in [0.2, 0.25) is 5.91 Å². The van der Waals surface area contributed by atoms with Gasteiger partial charge in [0.1, 0.15) is 5.75 Å². The molecule has 0 saturated heterocycles. The van der Waals surface area contributed by atoms with Crippen LogP contribution in [0.5, 0.6) is 0 Å². The Morgan fingerprint density at radius 3 is 2.22 bits per heavy atom. The van der Waals surface area contributed by atoms with Gasteiger partial charge >= 0.3 is 5.97 Å². The van der Waals surface area contributed by atoms with Gasteiger partial charge in [0.15, 0.2) is 9.84 Å². The Hall–Kier alpha value is -1.31.